The van der Waals surface area contributed by atoms with Gasteiger partial charge in [-0.25, -0.2) is 4.79 Å². The van der Waals surface area contributed by atoms with Crippen LogP contribution in [0.1, 0.15) is 10.4 Å². The first-order chi connectivity index (χ1) is 11.1. The molecule has 0 N–H and O–H groups in total. The molecule has 4 atom stereocenters. The van der Waals surface area contributed by atoms with Crippen molar-refractivity contribution in [2.75, 3.05) is 6.61 Å². The summed E-state index contributed by atoms with van der Waals surface area (Å²) in [6.45, 7) is 0.0267. The molecule has 23 heavy (non-hydrogen) atoms. The molecule has 4 rings (SSSR count). The molecule has 1 aliphatic carbocycles. The summed E-state index contributed by atoms with van der Waals surface area (Å²) >= 11 is 3.32. The van der Waals surface area contributed by atoms with Gasteiger partial charge in [0.2, 0.25) is 0 Å². The Kier molecular flexibility index (Phi) is 3.49. The zero-order valence-corrected chi connectivity index (χ0v) is 13.6. The molecule has 0 spiro atoms. The second-order valence-corrected chi connectivity index (χ2v) is 6.62. The van der Waals surface area contributed by atoms with E-state index in [1.165, 1.54) is 0 Å². The van der Waals surface area contributed by atoms with Crippen LogP contribution < -0.4 is 0 Å². The second-order valence-electron chi connectivity index (χ2n) is 5.70. The molecular formula is C17H13BrO5. The fourth-order valence-corrected chi connectivity index (χ4v) is 3.40. The lowest BCUT2D eigenvalue weighted by Gasteiger charge is -2.38. The highest BCUT2D eigenvalue weighted by atomic mass is 79.9. The highest BCUT2D eigenvalue weighted by Gasteiger charge is 2.50. The molecule has 0 unspecified atom stereocenters. The summed E-state index contributed by atoms with van der Waals surface area (Å²) in [7, 11) is 0. The Morgan fingerprint density at radius 3 is 2.70 bits per heavy atom. The molecule has 118 valence electrons. The van der Waals surface area contributed by atoms with Crippen molar-refractivity contribution in [2.45, 2.75) is 6.29 Å². The molecular weight excluding hydrogens is 364 g/mol. The third-order valence-corrected chi connectivity index (χ3v) is 4.82. The minimum atomic E-state index is -0.617. The van der Waals surface area contributed by atoms with E-state index in [0.717, 1.165) is 4.47 Å². The number of ether oxygens (including phenoxy) is 3. The molecule has 4 bridgehead atoms. The zero-order chi connectivity index (χ0) is 16.0. The Morgan fingerprint density at radius 1 is 1.13 bits per heavy atom. The Hall–Kier alpha value is -2.08. The van der Waals surface area contributed by atoms with Gasteiger partial charge in [-0.05, 0) is 30.3 Å². The molecule has 6 heteroatoms. The molecule has 1 aromatic carbocycles. The smallest absolute Gasteiger partial charge is 0.338 e. The lowest BCUT2D eigenvalue weighted by molar-refractivity contribution is -0.204. The van der Waals surface area contributed by atoms with Crippen LogP contribution in [0.3, 0.4) is 0 Å². The topological polar surface area (TPSA) is 61.8 Å². The monoisotopic (exact) mass is 376 g/mol. The summed E-state index contributed by atoms with van der Waals surface area (Å²) in [5.41, 5.74) is 0.470. The van der Waals surface area contributed by atoms with Gasteiger partial charge in [0.05, 0.1) is 17.4 Å². The van der Waals surface area contributed by atoms with Crippen molar-refractivity contribution in [3.8, 4) is 0 Å². The van der Waals surface area contributed by atoms with E-state index in [1.54, 1.807) is 24.3 Å². The van der Waals surface area contributed by atoms with E-state index in [2.05, 4.69) is 15.9 Å². The number of hydrogen-bond donors (Lipinski definition) is 0. The SMILES string of the molecule is O=C(OCC1=C[C@H]2[C@@H]3C=C[C@H]2C(=O)O[C@@H]3O1)c1ccc(Br)cc1. The maximum Gasteiger partial charge on any atom is 0.338 e. The molecule has 5 nitrogen and oxygen atoms in total. The lowest BCUT2D eigenvalue weighted by atomic mass is 9.83. The van der Waals surface area contributed by atoms with Gasteiger partial charge in [0.25, 0.3) is 6.29 Å². The van der Waals surface area contributed by atoms with Crippen LogP contribution in [0.4, 0.5) is 0 Å². The van der Waals surface area contributed by atoms with E-state index >= 15 is 0 Å². The largest absolute Gasteiger partial charge is 0.455 e. The van der Waals surface area contributed by atoms with Gasteiger partial charge in [-0.1, -0.05) is 28.1 Å². The maximum atomic E-state index is 12.0. The Labute approximate surface area is 141 Å². The first-order valence-electron chi connectivity index (χ1n) is 7.31. The number of benzene rings is 1. The van der Waals surface area contributed by atoms with E-state index in [0.29, 0.717) is 11.3 Å². The van der Waals surface area contributed by atoms with Gasteiger partial charge in [0.1, 0.15) is 12.4 Å². The molecule has 2 heterocycles. The molecule has 1 aromatic rings. The maximum absolute atomic E-state index is 12.0. The summed E-state index contributed by atoms with van der Waals surface area (Å²) in [5, 5.41) is 0. The summed E-state index contributed by atoms with van der Waals surface area (Å²) < 4.78 is 17.1. The van der Waals surface area contributed by atoms with Crippen LogP contribution in [0.15, 0.2) is 52.7 Å². The van der Waals surface area contributed by atoms with Crippen molar-refractivity contribution in [3.05, 3.63) is 58.3 Å². The summed E-state index contributed by atoms with van der Waals surface area (Å²) in [6, 6.07) is 6.92. The van der Waals surface area contributed by atoms with Gasteiger partial charge in [-0.15, -0.1) is 0 Å². The molecule has 1 saturated heterocycles. The Morgan fingerprint density at radius 2 is 1.91 bits per heavy atom. The molecule has 3 aliphatic rings. The average Bonchev–Trinajstić information content (AvgIpc) is 2.89. The first kappa shape index (κ1) is 14.5. The fraction of sp³-hybridized carbons (Fsp3) is 0.294. The highest BCUT2D eigenvalue weighted by Crippen LogP contribution is 2.44. The van der Waals surface area contributed by atoms with E-state index < -0.39 is 12.3 Å². The van der Waals surface area contributed by atoms with Gasteiger partial charge in [-0.2, -0.15) is 0 Å². The van der Waals surface area contributed by atoms with E-state index in [-0.39, 0.29) is 30.3 Å². The standard InChI is InChI=1S/C17H13BrO5/c18-10-3-1-9(2-4-10)15(19)21-8-11-7-14-12-5-6-13(14)17(22-11)23-16(12)20/h1-7,12-14,17H,8H2/t12-,13+,14-,17+/m1/s1. The minimum absolute atomic E-state index is 0.0267. The number of halogens is 1. The van der Waals surface area contributed by atoms with Gasteiger partial charge >= 0.3 is 11.9 Å². The van der Waals surface area contributed by atoms with Crippen molar-refractivity contribution >= 4 is 27.9 Å². The van der Waals surface area contributed by atoms with E-state index in [4.69, 9.17) is 14.2 Å². The van der Waals surface area contributed by atoms with Crippen molar-refractivity contribution < 1.29 is 23.8 Å². The van der Waals surface area contributed by atoms with Crippen LogP contribution in [0.2, 0.25) is 0 Å². The number of allylic oxidation sites excluding steroid dienone is 1. The highest BCUT2D eigenvalue weighted by molar-refractivity contribution is 9.10. The van der Waals surface area contributed by atoms with Crippen LogP contribution in [0.5, 0.6) is 0 Å². The van der Waals surface area contributed by atoms with Crippen LogP contribution in [-0.4, -0.2) is 24.8 Å². The van der Waals surface area contributed by atoms with E-state index in [1.807, 2.05) is 18.2 Å². The van der Waals surface area contributed by atoms with Crippen LogP contribution in [0.25, 0.3) is 0 Å². The third-order valence-electron chi connectivity index (χ3n) is 4.29. The molecule has 0 amide bonds. The number of rotatable bonds is 3. The number of hydrogen-bond acceptors (Lipinski definition) is 5. The molecule has 1 fully saturated rings. The lowest BCUT2D eigenvalue weighted by Crippen LogP contribution is -2.44. The van der Waals surface area contributed by atoms with Crippen LogP contribution in [0, 0.1) is 17.8 Å². The summed E-state index contributed by atoms with van der Waals surface area (Å²) in [4.78, 5) is 23.8. The quantitative estimate of drug-likeness (QED) is 0.599. The zero-order valence-electron chi connectivity index (χ0n) is 12.0. The molecule has 0 aromatic heterocycles. The van der Waals surface area contributed by atoms with E-state index in [9.17, 15) is 9.59 Å². The molecule has 2 aliphatic heterocycles. The predicted octanol–water partition coefficient (Wildman–Crippen LogP) is 2.82. The number of carbonyl (C=O) groups excluding carboxylic acids is 2. The normalized spacial score (nSPS) is 30.3. The molecule has 0 saturated carbocycles. The number of esters is 2. The van der Waals surface area contributed by atoms with Crippen molar-refractivity contribution in [2.24, 2.45) is 17.8 Å². The van der Waals surface area contributed by atoms with Crippen molar-refractivity contribution in [1.29, 1.82) is 0 Å². The van der Waals surface area contributed by atoms with Gasteiger partial charge in [0, 0.05) is 10.4 Å². The second kappa shape index (κ2) is 5.53. The summed E-state index contributed by atoms with van der Waals surface area (Å²) in [5.74, 6) is -0.303. The first-order valence-corrected chi connectivity index (χ1v) is 8.10. The minimum Gasteiger partial charge on any atom is -0.455 e. The van der Waals surface area contributed by atoms with Crippen molar-refractivity contribution in [1.82, 2.24) is 0 Å². The van der Waals surface area contributed by atoms with Crippen LogP contribution >= 0.6 is 15.9 Å². The van der Waals surface area contributed by atoms with Gasteiger partial charge in [-0.3, -0.25) is 4.79 Å². The number of carbonyl (C=O) groups is 2. The third kappa shape index (κ3) is 2.57. The Bertz CT molecular complexity index is 721. The van der Waals surface area contributed by atoms with Gasteiger partial charge in [0.15, 0.2) is 0 Å². The Balaban J connectivity index is 1.43. The fourth-order valence-electron chi connectivity index (χ4n) is 3.13. The average molecular weight is 377 g/mol. The predicted molar refractivity (Wildman–Crippen MR) is 83.1 cm³/mol. The van der Waals surface area contributed by atoms with Crippen molar-refractivity contribution in [3.63, 3.8) is 0 Å². The van der Waals surface area contributed by atoms with Crippen LogP contribution in [-0.2, 0) is 19.0 Å². The molecule has 0 radical (unpaired) electrons. The summed E-state index contributed by atoms with van der Waals surface area (Å²) in [6.07, 6.45) is 5.09. The van der Waals surface area contributed by atoms with Gasteiger partial charge < -0.3 is 14.2 Å².